The van der Waals surface area contributed by atoms with Crippen molar-refractivity contribution >= 4 is 17.4 Å². The molecule has 0 saturated carbocycles. The minimum Gasteiger partial charge on any atom is -0.348 e. The molecule has 0 saturated heterocycles. The molecule has 1 aliphatic heterocycles. The van der Waals surface area contributed by atoms with Crippen LogP contribution in [0.15, 0.2) is 12.3 Å². The second-order valence-corrected chi connectivity index (χ2v) is 5.15. The van der Waals surface area contributed by atoms with E-state index in [0.29, 0.717) is 10.6 Å². The molecule has 1 N–H and O–H groups in total. The van der Waals surface area contributed by atoms with Gasteiger partial charge in [0, 0.05) is 30.9 Å². The molecular weight excluding hydrogens is 250 g/mol. The molecule has 1 unspecified atom stereocenters. The molecule has 18 heavy (non-hydrogen) atoms. The molecule has 0 spiro atoms. The Labute approximate surface area is 108 Å². The van der Waals surface area contributed by atoms with Gasteiger partial charge in [0.1, 0.15) is 4.88 Å². The number of hydrogen-bond donors (Lipinski definition) is 1. The maximum Gasteiger partial charge on any atom is 0.265 e. The van der Waals surface area contributed by atoms with Crippen LogP contribution in [-0.2, 0) is 13.0 Å². The van der Waals surface area contributed by atoms with E-state index in [1.54, 1.807) is 13.1 Å². The predicted octanol–water partition coefficient (Wildman–Crippen LogP) is 0.788. The molecule has 1 aliphatic rings. The molecule has 3 heterocycles. The van der Waals surface area contributed by atoms with E-state index in [4.69, 9.17) is 0 Å². The van der Waals surface area contributed by atoms with Crippen molar-refractivity contribution in [3.8, 4) is 0 Å². The van der Waals surface area contributed by atoms with Gasteiger partial charge in [-0.15, -0.1) is 5.10 Å². The summed E-state index contributed by atoms with van der Waals surface area (Å²) < 4.78 is 5.77. The fourth-order valence-corrected chi connectivity index (χ4v) is 2.74. The molecule has 1 amide bonds. The predicted molar refractivity (Wildman–Crippen MR) is 66.4 cm³/mol. The number of carbonyl (C=O) groups is 1. The largest absolute Gasteiger partial charge is 0.348 e. The Morgan fingerprint density at radius 3 is 3.28 bits per heavy atom. The van der Waals surface area contributed by atoms with E-state index in [1.165, 1.54) is 5.69 Å². The smallest absolute Gasteiger partial charge is 0.265 e. The lowest BCUT2D eigenvalue weighted by Crippen LogP contribution is -2.40. The lowest BCUT2D eigenvalue weighted by Gasteiger charge is -2.23. The van der Waals surface area contributed by atoms with Gasteiger partial charge in [-0.1, -0.05) is 4.49 Å². The zero-order valence-electron chi connectivity index (χ0n) is 9.96. The average Bonchev–Trinajstić information content (AvgIpc) is 2.96. The Morgan fingerprint density at radius 2 is 2.50 bits per heavy atom. The molecule has 6 nitrogen and oxygen atoms in total. The third-order valence-corrected chi connectivity index (χ3v) is 3.97. The monoisotopic (exact) mass is 263 g/mol. The Hall–Kier alpha value is -1.76. The van der Waals surface area contributed by atoms with E-state index in [9.17, 15) is 4.79 Å². The summed E-state index contributed by atoms with van der Waals surface area (Å²) in [6.45, 7) is 2.65. The van der Waals surface area contributed by atoms with E-state index >= 15 is 0 Å². The van der Waals surface area contributed by atoms with Gasteiger partial charge in [0.15, 0.2) is 0 Å². The van der Waals surface area contributed by atoms with E-state index < -0.39 is 0 Å². The first kappa shape index (κ1) is 11.3. The van der Waals surface area contributed by atoms with Gasteiger partial charge in [-0.05, 0) is 30.9 Å². The highest BCUT2D eigenvalue weighted by atomic mass is 32.1. The first-order valence-corrected chi connectivity index (χ1v) is 6.62. The quantitative estimate of drug-likeness (QED) is 0.869. The first-order valence-electron chi connectivity index (χ1n) is 5.84. The lowest BCUT2D eigenvalue weighted by atomic mass is 10.0. The van der Waals surface area contributed by atoms with Gasteiger partial charge in [-0.2, -0.15) is 5.10 Å². The van der Waals surface area contributed by atoms with E-state index in [0.717, 1.165) is 30.9 Å². The summed E-state index contributed by atoms with van der Waals surface area (Å²) >= 11 is 1.14. The molecule has 1 atom stereocenters. The van der Waals surface area contributed by atoms with Crippen molar-refractivity contribution in [3.05, 3.63) is 28.5 Å². The first-order chi connectivity index (χ1) is 8.74. The van der Waals surface area contributed by atoms with Gasteiger partial charge in [0.25, 0.3) is 5.91 Å². The summed E-state index contributed by atoms with van der Waals surface area (Å²) in [4.78, 5) is 12.6. The second-order valence-electron chi connectivity index (χ2n) is 4.40. The Morgan fingerprint density at radius 1 is 1.61 bits per heavy atom. The number of fused-ring (bicyclic) bond motifs is 1. The Bertz CT molecular complexity index is 576. The molecule has 94 valence electrons. The van der Waals surface area contributed by atoms with Crippen LogP contribution in [0.3, 0.4) is 0 Å². The van der Waals surface area contributed by atoms with Crippen molar-refractivity contribution in [2.45, 2.75) is 32.4 Å². The second kappa shape index (κ2) is 4.49. The highest BCUT2D eigenvalue weighted by Gasteiger charge is 2.22. The molecule has 0 aromatic carbocycles. The van der Waals surface area contributed by atoms with Crippen LogP contribution in [0.2, 0.25) is 0 Å². The Kier molecular flexibility index (Phi) is 2.83. The fourth-order valence-electron chi connectivity index (χ4n) is 2.18. The molecule has 3 rings (SSSR count). The van der Waals surface area contributed by atoms with Crippen molar-refractivity contribution in [1.82, 2.24) is 24.7 Å². The molecule has 0 radical (unpaired) electrons. The topological polar surface area (TPSA) is 72.7 Å². The van der Waals surface area contributed by atoms with Crippen molar-refractivity contribution in [2.24, 2.45) is 0 Å². The summed E-state index contributed by atoms with van der Waals surface area (Å²) in [7, 11) is 0. The van der Waals surface area contributed by atoms with Crippen LogP contribution in [0.5, 0.6) is 0 Å². The standard InChI is InChI=1S/C11H13N5OS/c1-7-10(18-15-14-7)11(17)13-8-3-5-16-9(6-8)2-4-12-16/h2,4,8H,3,5-6H2,1H3,(H,13,17). The van der Waals surface area contributed by atoms with Crippen LogP contribution in [0.25, 0.3) is 0 Å². The normalized spacial score (nSPS) is 18.4. The number of nitrogens with zero attached hydrogens (tertiary/aromatic N) is 4. The van der Waals surface area contributed by atoms with Gasteiger partial charge in [0.05, 0.1) is 5.69 Å². The van der Waals surface area contributed by atoms with Crippen LogP contribution in [0, 0.1) is 6.92 Å². The lowest BCUT2D eigenvalue weighted by molar-refractivity contribution is 0.0933. The number of carbonyl (C=O) groups excluding carboxylic acids is 1. The van der Waals surface area contributed by atoms with E-state index in [1.807, 2.05) is 10.7 Å². The van der Waals surface area contributed by atoms with Gasteiger partial charge in [-0.3, -0.25) is 9.48 Å². The maximum atomic E-state index is 12.0. The molecular formula is C11H13N5OS. The van der Waals surface area contributed by atoms with Crippen molar-refractivity contribution in [2.75, 3.05) is 0 Å². The molecule has 2 aromatic heterocycles. The highest BCUT2D eigenvalue weighted by molar-refractivity contribution is 7.08. The number of hydrogen-bond acceptors (Lipinski definition) is 5. The van der Waals surface area contributed by atoms with E-state index in [-0.39, 0.29) is 11.9 Å². The molecule has 2 aromatic rings. The zero-order chi connectivity index (χ0) is 12.5. The number of aryl methyl sites for hydroxylation is 2. The zero-order valence-corrected chi connectivity index (χ0v) is 10.8. The van der Waals surface area contributed by atoms with Crippen LogP contribution < -0.4 is 5.32 Å². The summed E-state index contributed by atoms with van der Waals surface area (Å²) in [5.74, 6) is -0.0690. The third-order valence-electron chi connectivity index (χ3n) is 3.14. The third kappa shape index (κ3) is 2.01. The molecule has 7 heteroatoms. The molecule has 0 fully saturated rings. The van der Waals surface area contributed by atoms with Gasteiger partial charge in [0.2, 0.25) is 0 Å². The van der Waals surface area contributed by atoms with Crippen LogP contribution >= 0.6 is 11.5 Å². The summed E-state index contributed by atoms with van der Waals surface area (Å²) in [6.07, 6.45) is 3.54. The van der Waals surface area contributed by atoms with Crippen molar-refractivity contribution < 1.29 is 4.79 Å². The highest BCUT2D eigenvalue weighted by Crippen LogP contribution is 2.15. The fraction of sp³-hybridized carbons (Fsp3) is 0.455. The van der Waals surface area contributed by atoms with Gasteiger partial charge < -0.3 is 5.32 Å². The van der Waals surface area contributed by atoms with E-state index in [2.05, 4.69) is 20.0 Å². The van der Waals surface area contributed by atoms with Crippen LogP contribution in [-0.4, -0.2) is 31.3 Å². The Balaban J connectivity index is 1.68. The number of nitrogens with one attached hydrogen (secondary N) is 1. The average molecular weight is 263 g/mol. The number of aromatic nitrogens is 4. The van der Waals surface area contributed by atoms with Gasteiger partial charge >= 0.3 is 0 Å². The number of rotatable bonds is 2. The van der Waals surface area contributed by atoms with Gasteiger partial charge in [-0.25, -0.2) is 0 Å². The van der Waals surface area contributed by atoms with Crippen LogP contribution in [0.1, 0.15) is 27.5 Å². The maximum absolute atomic E-state index is 12.0. The molecule has 0 bridgehead atoms. The number of amides is 1. The van der Waals surface area contributed by atoms with Crippen molar-refractivity contribution in [1.29, 1.82) is 0 Å². The van der Waals surface area contributed by atoms with Crippen LogP contribution in [0.4, 0.5) is 0 Å². The summed E-state index contributed by atoms with van der Waals surface area (Å²) in [5.41, 5.74) is 1.86. The SMILES string of the molecule is Cc1nnsc1C(=O)NC1CCn2nccc2C1. The molecule has 0 aliphatic carbocycles. The summed E-state index contributed by atoms with van der Waals surface area (Å²) in [5, 5.41) is 11.1. The van der Waals surface area contributed by atoms with Crippen molar-refractivity contribution in [3.63, 3.8) is 0 Å². The minimum absolute atomic E-state index is 0.0690. The minimum atomic E-state index is -0.0690. The summed E-state index contributed by atoms with van der Waals surface area (Å²) in [6, 6.07) is 2.17.